The summed E-state index contributed by atoms with van der Waals surface area (Å²) in [7, 11) is 0. The van der Waals surface area contributed by atoms with Gasteiger partial charge in [-0.2, -0.15) is 0 Å². The van der Waals surface area contributed by atoms with Crippen LogP contribution in [0.15, 0.2) is 64.9 Å². The molecule has 0 aromatic heterocycles. The first-order valence-corrected chi connectivity index (χ1v) is 10.8. The first-order valence-electron chi connectivity index (χ1n) is 9.96. The fourth-order valence-corrected chi connectivity index (χ4v) is 3.52. The molecule has 1 saturated heterocycles. The average molecular weight is 429 g/mol. The van der Waals surface area contributed by atoms with Crippen LogP contribution >= 0.6 is 11.8 Å². The van der Waals surface area contributed by atoms with E-state index < -0.39 is 0 Å². The Morgan fingerprint density at radius 3 is 2.37 bits per heavy atom. The lowest BCUT2D eigenvalue weighted by Crippen LogP contribution is -2.34. The lowest BCUT2D eigenvalue weighted by Gasteiger charge is -2.21. The summed E-state index contributed by atoms with van der Waals surface area (Å²) >= 11 is 1.58. The molecule has 2 aromatic rings. The van der Waals surface area contributed by atoms with Crippen molar-refractivity contribution in [2.45, 2.75) is 38.5 Å². The maximum Gasteiger partial charge on any atom is 0.227 e. The maximum atomic E-state index is 11.8. The normalized spacial score (nSPS) is 13.0. The van der Waals surface area contributed by atoms with E-state index in [2.05, 4.69) is 17.2 Å². The molecule has 0 saturated carbocycles. The number of nitrogens with one attached hydrogen (secondary N) is 2. The Balaban J connectivity index is 0.000000271. The van der Waals surface area contributed by atoms with Crippen molar-refractivity contribution >= 4 is 29.6 Å². The molecule has 162 valence electrons. The van der Waals surface area contributed by atoms with Crippen molar-refractivity contribution in [2.75, 3.05) is 18.4 Å². The molecule has 30 heavy (non-hydrogen) atoms. The van der Waals surface area contributed by atoms with Gasteiger partial charge in [0.15, 0.2) is 0 Å². The standard InChI is InChI=1S/C12H16N2O.C10H12OS.C2H4O/c15-12(10-6-8-13-9-7-10)14-11-4-2-1-3-5-11;1-7(2)12-10-6-9(11)5-4-8(10)3;1-2-3/h1-5,10,13H,6-9H2,(H,14,15);4-6,11H,1H2,2-3H3;2H,1H3. The number of amides is 1. The molecule has 3 rings (SSSR count). The summed E-state index contributed by atoms with van der Waals surface area (Å²) in [6.45, 7) is 11.1. The van der Waals surface area contributed by atoms with Crippen LogP contribution < -0.4 is 10.6 Å². The largest absolute Gasteiger partial charge is 0.508 e. The van der Waals surface area contributed by atoms with Crippen molar-refractivity contribution in [2.24, 2.45) is 5.92 Å². The van der Waals surface area contributed by atoms with Gasteiger partial charge in [-0.1, -0.05) is 42.6 Å². The third kappa shape index (κ3) is 10.3. The van der Waals surface area contributed by atoms with E-state index in [0.717, 1.165) is 47.7 Å². The number of aldehydes is 1. The number of anilines is 1. The second-order valence-electron chi connectivity index (χ2n) is 6.87. The Morgan fingerprint density at radius 1 is 1.20 bits per heavy atom. The fraction of sp³-hybridized carbons (Fsp3) is 0.333. The third-order valence-electron chi connectivity index (χ3n) is 4.21. The predicted molar refractivity (Wildman–Crippen MR) is 126 cm³/mol. The first-order chi connectivity index (χ1) is 14.4. The van der Waals surface area contributed by atoms with Gasteiger partial charge in [0.05, 0.1) is 0 Å². The number of thioether (sulfide) groups is 1. The monoisotopic (exact) mass is 428 g/mol. The highest BCUT2D eigenvalue weighted by molar-refractivity contribution is 8.03. The molecule has 0 radical (unpaired) electrons. The summed E-state index contributed by atoms with van der Waals surface area (Å²) in [6.07, 6.45) is 2.64. The van der Waals surface area contributed by atoms with Gasteiger partial charge in [0.25, 0.3) is 0 Å². The zero-order valence-electron chi connectivity index (χ0n) is 18.0. The Morgan fingerprint density at radius 2 is 1.80 bits per heavy atom. The van der Waals surface area contributed by atoms with Gasteiger partial charge in [0, 0.05) is 16.5 Å². The summed E-state index contributed by atoms with van der Waals surface area (Å²) < 4.78 is 0. The van der Waals surface area contributed by atoms with Crippen molar-refractivity contribution < 1.29 is 14.7 Å². The summed E-state index contributed by atoms with van der Waals surface area (Å²) in [4.78, 5) is 22.7. The van der Waals surface area contributed by atoms with Gasteiger partial charge in [-0.15, -0.1) is 0 Å². The summed E-state index contributed by atoms with van der Waals surface area (Å²) in [6, 6.07) is 15.0. The number of aryl methyl sites for hydroxylation is 1. The van der Waals surface area contributed by atoms with Gasteiger partial charge < -0.3 is 20.5 Å². The molecule has 0 atom stereocenters. The number of piperidine rings is 1. The third-order valence-corrected chi connectivity index (χ3v) is 5.22. The van der Waals surface area contributed by atoms with E-state index in [0.29, 0.717) is 5.75 Å². The first kappa shape index (κ1) is 25.5. The summed E-state index contributed by atoms with van der Waals surface area (Å²) in [5.41, 5.74) is 2.06. The number of hydrogen-bond donors (Lipinski definition) is 3. The fourth-order valence-electron chi connectivity index (χ4n) is 2.74. The molecular formula is C24H32N2O3S. The number of carbonyl (C=O) groups is 2. The Labute approximate surface area is 184 Å². The molecule has 5 nitrogen and oxygen atoms in total. The van der Waals surface area contributed by atoms with Crippen LogP contribution in [0.2, 0.25) is 0 Å². The van der Waals surface area contributed by atoms with Crippen LogP contribution in [-0.2, 0) is 9.59 Å². The van der Waals surface area contributed by atoms with Gasteiger partial charge in [-0.3, -0.25) is 4.79 Å². The van der Waals surface area contributed by atoms with Crippen molar-refractivity contribution in [3.8, 4) is 5.75 Å². The minimum absolute atomic E-state index is 0.155. The van der Waals surface area contributed by atoms with Crippen LogP contribution in [0.5, 0.6) is 5.75 Å². The van der Waals surface area contributed by atoms with Crippen molar-refractivity contribution in [1.82, 2.24) is 5.32 Å². The minimum atomic E-state index is 0.155. The van der Waals surface area contributed by atoms with E-state index in [-0.39, 0.29) is 11.8 Å². The van der Waals surface area contributed by atoms with E-state index in [1.807, 2.05) is 50.2 Å². The van der Waals surface area contributed by atoms with E-state index in [4.69, 9.17) is 4.79 Å². The number of phenols is 1. The van der Waals surface area contributed by atoms with Crippen molar-refractivity contribution in [3.63, 3.8) is 0 Å². The molecule has 1 aliphatic heterocycles. The maximum absolute atomic E-state index is 11.8. The van der Waals surface area contributed by atoms with Gasteiger partial charge >= 0.3 is 0 Å². The number of benzene rings is 2. The van der Waals surface area contributed by atoms with Crippen LogP contribution in [0.25, 0.3) is 0 Å². The molecule has 1 fully saturated rings. The molecule has 1 amide bonds. The smallest absolute Gasteiger partial charge is 0.227 e. The van der Waals surface area contributed by atoms with E-state index in [9.17, 15) is 9.90 Å². The van der Waals surface area contributed by atoms with Crippen LogP contribution in [0.3, 0.4) is 0 Å². The van der Waals surface area contributed by atoms with E-state index in [1.54, 1.807) is 23.9 Å². The molecule has 1 aliphatic rings. The number of carbonyl (C=O) groups excluding carboxylic acids is 2. The molecule has 2 aromatic carbocycles. The van der Waals surface area contributed by atoms with E-state index in [1.165, 1.54) is 12.5 Å². The Kier molecular flexibility index (Phi) is 12.2. The number of aromatic hydroxyl groups is 1. The highest BCUT2D eigenvalue weighted by atomic mass is 32.2. The van der Waals surface area contributed by atoms with E-state index >= 15 is 0 Å². The highest BCUT2D eigenvalue weighted by Gasteiger charge is 2.20. The summed E-state index contributed by atoms with van der Waals surface area (Å²) in [5, 5.41) is 15.4. The number of hydrogen-bond acceptors (Lipinski definition) is 5. The molecule has 0 aliphatic carbocycles. The van der Waals surface area contributed by atoms with Crippen LogP contribution in [0.4, 0.5) is 5.69 Å². The number of rotatable bonds is 4. The minimum Gasteiger partial charge on any atom is -0.508 e. The average Bonchev–Trinajstić information content (AvgIpc) is 2.73. The highest BCUT2D eigenvalue weighted by Crippen LogP contribution is 2.30. The molecular weight excluding hydrogens is 396 g/mol. The molecule has 0 spiro atoms. The Hall–Kier alpha value is -2.57. The van der Waals surface area contributed by atoms with Gasteiger partial charge in [-0.25, -0.2) is 0 Å². The second kappa shape index (κ2) is 14.4. The molecule has 1 heterocycles. The van der Waals surface area contributed by atoms with Crippen molar-refractivity contribution in [1.29, 1.82) is 0 Å². The molecule has 0 unspecified atom stereocenters. The molecule has 0 bridgehead atoms. The lowest BCUT2D eigenvalue weighted by molar-refractivity contribution is -0.120. The van der Waals surface area contributed by atoms with Gasteiger partial charge in [-0.05, 0) is 81.4 Å². The zero-order valence-corrected chi connectivity index (χ0v) is 18.8. The van der Waals surface area contributed by atoms with Gasteiger partial charge in [0.1, 0.15) is 12.0 Å². The van der Waals surface area contributed by atoms with Crippen molar-refractivity contribution in [3.05, 3.63) is 65.6 Å². The summed E-state index contributed by atoms with van der Waals surface area (Å²) in [5.74, 6) is 0.638. The quantitative estimate of drug-likeness (QED) is 0.463. The zero-order chi connectivity index (χ0) is 22.4. The lowest BCUT2D eigenvalue weighted by atomic mass is 9.97. The van der Waals surface area contributed by atoms with Crippen LogP contribution in [-0.4, -0.2) is 30.4 Å². The van der Waals surface area contributed by atoms with Gasteiger partial charge in [0.2, 0.25) is 5.91 Å². The Bertz CT molecular complexity index is 803. The number of para-hydroxylation sites is 1. The van der Waals surface area contributed by atoms with Crippen LogP contribution in [0.1, 0.15) is 32.3 Å². The second-order valence-corrected chi connectivity index (χ2v) is 8.21. The topological polar surface area (TPSA) is 78.4 Å². The number of allylic oxidation sites excluding steroid dienone is 1. The molecule has 3 N–H and O–H groups in total. The SMILES string of the molecule is C=C(C)Sc1cc(O)ccc1C.CC=O.O=C(Nc1ccccc1)C1CCNCC1. The predicted octanol–water partition coefficient (Wildman–Crippen LogP) is 5.16. The molecule has 6 heteroatoms. The number of phenolic OH excluding ortho intramolecular Hbond substituents is 1. The van der Waals surface area contributed by atoms with Crippen LogP contribution in [0, 0.1) is 12.8 Å².